The van der Waals surface area contributed by atoms with Crippen molar-refractivity contribution < 1.29 is 19.4 Å². The fourth-order valence-electron chi connectivity index (χ4n) is 2.37. The average molecular weight is 353 g/mol. The molecule has 0 bridgehead atoms. The second-order valence-corrected chi connectivity index (χ2v) is 5.78. The molecule has 1 atom stereocenters. The number of fused-ring (bicyclic) bond motifs is 1. The number of aliphatic carboxylic acids is 1. The standard InChI is InChI=1S/C14H13BrN2O4/c15-9-2-1-8-5-11(16-10(8)6-9)13(18)17-3-4-21-12(7-17)14(19)20/h1-2,5-6,12,16H,3-4,7H2,(H,19,20)/t12-/m0/s1. The van der Waals surface area contributed by atoms with Crippen LogP contribution in [0.5, 0.6) is 0 Å². The van der Waals surface area contributed by atoms with Crippen LogP contribution in [0.25, 0.3) is 10.9 Å². The number of rotatable bonds is 2. The fourth-order valence-corrected chi connectivity index (χ4v) is 2.73. The summed E-state index contributed by atoms with van der Waals surface area (Å²) in [5, 5.41) is 9.91. The van der Waals surface area contributed by atoms with E-state index in [0.717, 1.165) is 15.4 Å². The summed E-state index contributed by atoms with van der Waals surface area (Å²) in [6, 6.07) is 7.48. The van der Waals surface area contributed by atoms with Crippen LogP contribution in [0, 0.1) is 0 Å². The molecule has 21 heavy (non-hydrogen) atoms. The molecule has 1 aromatic heterocycles. The molecule has 1 aliphatic heterocycles. The van der Waals surface area contributed by atoms with Crippen molar-refractivity contribution in [3.05, 3.63) is 34.4 Å². The molecule has 1 saturated heterocycles. The summed E-state index contributed by atoms with van der Waals surface area (Å²) < 4.78 is 6.04. The molecule has 1 aromatic carbocycles. The molecular weight excluding hydrogens is 340 g/mol. The van der Waals surface area contributed by atoms with Crippen molar-refractivity contribution in [2.45, 2.75) is 6.10 Å². The number of nitrogens with zero attached hydrogens (tertiary/aromatic N) is 1. The normalized spacial score (nSPS) is 18.9. The van der Waals surface area contributed by atoms with Crippen LogP contribution in [0.2, 0.25) is 0 Å². The lowest BCUT2D eigenvalue weighted by Gasteiger charge is -2.30. The molecule has 0 unspecified atom stereocenters. The number of benzene rings is 1. The van der Waals surface area contributed by atoms with Gasteiger partial charge in [-0.15, -0.1) is 0 Å². The maximum absolute atomic E-state index is 12.5. The Morgan fingerprint density at radius 3 is 2.95 bits per heavy atom. The van der Waals surface area contributed by atoms with Crippen LogP contribution >= 0.6 is 15.9 Å². The third-order valence-corrected chi connectivity index (χ3v) is 3.94. The molecular formula is C14H13BrN2O4. The van der Waals surface area contributed by atoms with E-state index in [2.05, 4.69) is 20.9 Å². The zero-order valence-electron chi connectivity index (χ0n) is 11.0. The number of ether oxygens (including phenoxy) is 1. The number of carbonyl (C=O) groups is 2. The molecule has 0 saturated carbocycles. The number of H-pyrrole nitrogens is 1. The first-order valence-corrected chi connectivity index (χ1v) is 7.26. The van der Waals surface area contributed by atoms with Crippen LogP contribution in [-0.4, -0.2) is 52.7 Å². The minimum atomic E-state index is -1.05. The maximum Gasteiger partial charge on any atom is 0.334 e. The Bertz CT molecular complexity index is 712. The number of amides is 1. The predicted molar refractivity (Wildman–Crippen MR) is 79.3 cm³/mol. The van der Waals surface area contributed by atoms with E-state index in [1.54, 1.807) is 6.07 Å². The van der Waals surface area contributed by atoms with Crippen LogP contribution in [0.3, 0.4) is 0 Å². The van der Waals surface area contributed by atoms with Crippen molar-refractivity contribution in [1.82, 2.24) is 9.88 Å². The van der Waals surface area contributed by atoms with Gasteiger partial charge in [0.15, 0.2) is 6.10 Å². The summed E-state index contributed by atoms with van der Waals surface area (Å²) in [4.78, 5) is 28.0. The van der Waals surface area contributed by atoms with Crippen molar-refractivity contribution in [2.24, 2.45) is 0 Å². The van der Waals surface area contributed by atoms with Gasteiger partial charge in [0.2, 0.25) is 0 Å². The highest BCUT2D eigenvalue weighted by Gasteiger charge is 2.30. The first-order chi connectivity index (χ1) is 10.0. The summed E-state index contributed by atoms with van der Waals surface area (Å²) in [6.07, 6.45) is -0.957. The number of carboxylic acids is 1. The van der Waals surface area contributed by atoms with Gasteiger partial charge in [-0.1, -0.05) is 22.0 Å². The lowest BCUT2D eigenvalue weighted by molar-refractivity contribution is -0.154. The van der Waals surface area contributed by atoms with Gasteiger partial charge in [-0.05, 0) is 18.2 Å². The molecule has 0 radical (unpaired) electrons. The van der Waals surface area contributed by atoms with Crippen molar-refractivity contribution in [1.29, 1.82) is 0 Å². The Hall–Kier alpha value is -1.86. The van der Waals surface area contributed by atoms with Crippen LogP contribution in [0.15, 0.2) is 28.7 Å². The van der Waals surface area contributed by atoms with Crippen LogP contribution in [0.4, 0.5) is 0 Å². The largest absolute Gasteiger partial charge is 0.479 e. The van der Waals surface area contributed by atoms with Gasteiger partial charge in [0, 0.05) is 21.9 Å². The highest BCUT2D eigenvalue weighted by molar-refractivity contribution is 9.10. The minimum Gasteiger partial charge on any atom is -0.479 e. The molecule has 6 nitrogen and oxygen atoms in total. The molecule has 110 valence electrons. The van der Waals surface area contributed by atoms with Gasteiger partial charge in [0.25, 0.3) is 5.91 Å². The van der Waals surface area contributed by atoms with Crippen molar-refractivity contribution in [3.63, 3.8) is 0 Å². The molecule has 1 fully saturated rings. The minimum absolute atomic E-state index is 0.0627. The first kappa shape index (κ1) is 14.1. The van der Waals surface area contributed by atoms with Crippen molar-refractivity contribution in [3.8, 4) is 0 Å². The van der Waals surface area contributed by atoms with Gasteiger partial charge in [-0.2, -0.15) is 0 Å². The number of halogens is 1. The first-order valence-electron chi connectivity index (χ1n) is 6.46. The Morgan fingerprint density at radius 1 is 1.38 bits per heavy atom. The van der Waals surface area contributed by atoms with Crippen LogP contribution < -0.4 is 0 Å². The SMILES string of the molecule is O=C(O)[C@@H]1CN(C(=O)c2cc3ccc(Br)cc3[nH]2)CCO1. The van der Waals surface area contributed by atoms with Crippen molar-refractivity contribution >= 4 is 38.7 Å². The van der Waals surface area contributed by atoms with E-state index in [1.807, 2.05) is 18.2 Å². The van der Waals surface area contributed by atoms with Gasteiger partial charge in [0.1, 0.15) is 5.69 Å². The number of nitrogens with one attached hydrogen (secondary N) is 1. The Morgan fingerprint density at radius 2 is 2.19 bits per heavy atom. The number of hydrogen-bond acceptors (Lipinski definition) is 3. The number of carboxylic acid groups (broad SMARTS) is 1. The zero-order valence-corrected chi connectivity index (χ0v) is 12.6. The number of aromatic nitrogens is 1. The monoisotopic (exact) mass is 352 g/mol. The van der Waals surface area contributed by atoms with Crippen LogP contribution in [0.1, 0.15) is 10.5 Å². The summed E-state index contributed by atoms with van der Waals surface area (Å²) in [5.41, 5.74) is 1.31. The number of carbonyl (C=O) groups excluding carboxylic acids is 1. The molecule has 0 aliphatic carbocycles. The smallest absolute Gasteiger partial charge is 0.334 e. The maximum atomic E-state index is 12.5. The van der Waals surface area contributed by atoms with Gasteiger partial charge in [-0.25, -0.2) is 4.79 Å². The highest BCUT2D eigenvalue weighted by Crippen LogP contribution is 2.21. The van der Waals surface area contributed by atoms with Gasteiger partial charge >= 0.3 is 5.97 Å². The fraction of sp³-hybridized carbons (Fsp3) is 0.286. The predicted octanol–water partition coefficient (Wildman–Crippen LogP) is 1.86. The number of morpholine rings is 1. The molecule has 2 aromatic rings. The molecule has 7 heteroatoms. The zero-order chi connectivity index (χ0) is 15.0. The quantitative estimate of drug-likeness (QED) is 0.863. The number of aromatic amines is 1. The lowest BCUT2D eigenvalue weighted by Crippen LogP contribution is -2.48. The van der Waals surface area contributed by atoms with Gasteiger partial charge in [-0.3, -0.25) is 4.79 Å². The summed E-state index contributed by atoms with van der Waals surface area (Å²) in [7, 11) is 0. The molecule has 2 N–H and O–H groups in total. The summed E-state index contributed by atoms with van der Waals surface area (Å²) in [5.74, 6) is -1.26. The molecule has 2 heterocycles. The van der Waals surface area contributed by atoms with Gasteiger partial charge in [0.05, 0.1) is 13.2 Å². The Labute approximate surface area is 128 Å². The highest BCUT2D eigenvalue weighted by atomic mass is 79.9. The second-order valence-electron chi connectivity index (χ2n) is 4.86. The number of hydrogen-bond donors (Lipinski definition) is 2. The van der Waals surface area contributed by atoms with E-state index < -0.39 is 12.1 Å². The molecule has 0 spiro atoms. The van der Waals surface area contributed by atoms with E-state index in [-0.39, 0.29) is 19.1 Å². The lowest BCUT2D eigenvalue weighted by atomic mass is 10.2. The third-order valence-electron chi connectivity index (χ3n) is 3.44. The molecule has 3 rings (SSSR count). The second kappa shape index (κ2) is 5.50. The average Bonchev–Trinajstić information content (AvgIpc) is 2.89. The van der Waals surface area contributed by atoms with E-state index in [1.165, 1.54) is 4.90 Å². The Balaban J connectivity index is 1.84. The van der Waals surface area contributed by atoms with Crippen molar-refractivity contribution in [2.75, 3.05) is 19.7 Å². The van der Waals surface area contributed by atoms with Crippen LogP contribution in [-0.2, 0) is 9.53 Å². The molecule has 1 aliphatic rings. The summed E-state index contributed by atoms with van der Waals surface area (Å²) >= 11 is 3.38. The van der Waals surface area contributed by atoms with E-state index in [0.29, 0.717) is 12.2 Å². The van der Waals surface area contributed by atoms with E-state index in [4.69, 9.17) is 9.84 Å². The summed E-state index contributed by atoms with van der Waals surface area (Å²) in [6.45, 7) is 0.684. The van der Waals surface area contributed by atoms with E-state index >= 15 is 0 Å². The molecule has 1 amide bonds. The Kier molecular flexibility index (Phi) is 3.69. The van der Waals surface area contributed by atoms with E-state index in [9.17, 15) is 9.59 Å². The topological polar surface area (TPSA) is 82.6 Å². The van der Waals surface area contributed by atoms with Gasteiger partial charge < -0.3 is 19.7 Å². The third kappa shape index (κ3) is 2.79.